The summed E-state index contributed by atoms with van der Waals surface area (Å²) in [5.74, 6) is 0.405. The van der Waals surface area contributed by atoms with Crippen molar-refractivity contribution in [2.75, 3.05) is 36.8 Å². The number of hydrogen-bond acceptors (Lipinski definition) is 6. The van der Waals surface area contributed by atoms with E-state index in [4.69, 9.17) is 11.6 Å². The van der Waals surface area contributed by atoms with Crippen LogP contribution in [0.3, 0.4) is 0 Å². The number of nitrogens with zero attached hydrogens (tertiary/aromatic N) is 6. The molecule has 1 aliphatic heterocycles. The number of halogens is 1. The fraction of sp³-hybridized carbons (Fsp3) is 0.263. The Morgan fingerprint density at radius 1 is 0.964 bits per heavy atom. The molecule has 1 saturated heterocycles. The van der Waals surface area contributed by atoms with Crippen LogP contribution in [0, 0.1) is 0 Å². The fourth-order valence-corrected chi connectivity index (χ4v) is 4.00. The predicted octanol–water partition coefficient (Wildman–Crippen LogP) is 2.76. The van der Waals surface area contributed by atoms with E-state index < -0.39 is 0 Å². The number of carbonyl (C=O) groups is 1. The van der Waals surface area contributed by atoms with E-state index in [0.717, 1.165) is 31.9 Å². The van der Waals surface area contributed by atoms with Crippen molar-refractivity contribution < 1.29 is 4.79 Å². The lowest BCUT2D eigenvalue weighted by Crippen LogP contribution is -2.49. The van der Waals surface area contributed by atoms with Gasteiger partial charge in [0.2, 0.25) is 11.1 Å². The van der Waals surface area contributed by atoms with E-state index in [0.29, 0.717) is 15.9 Å². The Kier molecular flexibility index (Phi) is 5.78. The third-order valence-corrected chi connectivity index (χ3v) is 5.75. The summed E-state index contributed by atoms with van der Waals surface area (Å²) < 4.78 is 1.61. The van der Waals surface area contributed by atoms with E-state index in [1.54, 1.807) is 16.8 Å². The topological polar surface area (TPSA) is 67.2 Å². The van der Waals surface area contributed by atoms with Crippen molar-refractivity contribution in [1.82, 2.24) is 25.1 Å². The molecule has 0 spiro atoms. The zero-order valence-electron chi connectivity index (χ0n) is 15.1. The Bertz CT molecular complexity index is 925. The first-order chi connectivity index (χ1) is 13.7. The summed E-state index contributed by atoms with van der Waals surface area (Å²) in [6, 6.07) is 17.5. The number of rotatable bonds is 5. The average Bonchev–Trinajstić information content (AvgIpc) is 3.22. The van der Waals surface area contributed by atoms with Gasteiger partial charge in [-0.1, -0.05) is 41.6 Å². The van der Waals surface area contributed by atoms with Crippen LogP contribution in [0.5, 0.6) is 0 Å². The molecule has 4 rings (SSSR count). The van der Waals surface area contributed by atoms with E-state index in [1.807, 2.05) is 35.2 Å². The van der Waals surface area contributed by atoms with Gasteiger partial charge in [-0.05, 0) is 46.8 Å². The fourth-order valence-electron chi connectivity index (χ4n) is 3.08. The molecule has 7 nitrogen and oxygen atoms in total. The summed E-state index contributed by atoms with van der Waals surface area (Å²) in [6.45, 7) is 3.11. The highest BCUT2D eigenvalue weighted by atomic mass is 35.5. The van der Waals surface area contributed by atoms with E-state index in [-0.39, 0.29) is 5.91 Å². The smallest absolute Gasteiger partial charge is 0.233 e. The molecule has 1 aromatic heterocycles. The maximum Gasteiger partial charge on any atom is 0.233 e. The normalized spacial score (nSPS) is 14.3. The molecule has 3 aromatic rings. The van der Waals surface area contributed by atoms with Gasteiger partial charge < -0.3 is 9.80 Å². The highest BCUT2D eigenvalue weighted by molar-refractivity contribution is 7.99. The van der Waals surface area contributed by atoms with Gasteiger partial charge in [-0.2, -0.15) is 4.68 Å². The van der Waals surface area contributed by atoms with Gasteiger partial charge in [0.15, 0.2) is 0 Å². The van der Waals surface area contributed by atoms with Crippen LogP contribution in [0.15, 0.2) is 59.8 Å². The van der Waals surface area contributed by atoms with Gasteiger partial charge in [-0.25, -0.2) is 0 Å². The molecule has 0 aliphatic carbocycles. The minimum Gasteiger partial charge on any atom is -0.368 e. The van der Waals surface area contributed by atoms with Gasteiger partial charge >= 0.3 is 0 Å². The van der Waals surface area contributed by atoms with Crippen LogP contribution in [-0.2, 0) is 4.79 Å². The molecule has 1 fully saturated rings. The molecule has 144 valence electrons. The van der Waals surface area contributed by atoms with Crippen molar-refractivity contribution in [2.24, 2.45) is 0 Å². The van der Waals surface area contributed by atoms with Crippen molar-refractivity contribution in [3.05, 3.63) is 59.6 Å². The molecule has 0 unspecified atom stereocenters. The summed E-state index contributed by atoms with van der Waals surface area (Å²) in [4.78, 5) is 16.8. The van der Waals surface area contributed by atoms with E-state index >= 15 is 0 Å². The highest BCUT2D eigenvalue weighted by Gasteiger charge is 2.22. The van der Waals surface area contributed by atoms with Crippen molar-refractivity contribution in [3.63, 3.8) is 0 Å². The molecule has 0 saturated carbocycles. The molecular weight excluding hydrogens is 396 g/mol. The quantitative estimate of drug-likeness (QED) is 0.598. The van der Waals surface area contributed by atoms with Gasteiger partial charge in [-0.3, -0.25) is 4.79 Å². The zero-order valence-corrected chi connectivity index (χ0v) is 16.7. The van der Waals surface area contributed by atoms with Crippen LogP contribution in [-0.4, -0.2) is 62.9 Å². The summed E-state index contributed by atoms with van der Waals surface area (Å²) in [5.41, 5.74) is 2.01. The van der Waals surface area contributed by atoms with E-state index in [1.165, 1.54) is 17.4 Å². The second-order valence-electron chi connectivity index (χ2n) is 6.34. The van der Waals surface area contributed by atoms with Gasteiger partial charge in [0, 0.05) is 36.9 Å². The highest BCUT2D eigenvalue weighted by Crippen LogP contribution is 2.21. The number of tetrazole rings is 1. The maximum atomic E-state index is 12.6. The molecule has 0 bridgehead atoms. The number of thioether (sulfide) groups is 1. The van der Waals surface area contributed by atoms with Gasteiger partial charge in [0.05, 0.1) is 11.4 Å². The monoisotopic (exact) mass is 414 g/mol. The number of anilines is 1. The molecule has 28 heavy (non-hydrogen) atoms. The lowest BCUT2D eigenvalue weighted by Gasteiger charge is -2.36. The number of aromatic nitrogens is 4. The molecular formula is C19H19ClN6OS. The number of para-hydroxylation sites is 1. The van der Waals surface area contributed by atoms with Crippen LogP contribution in [0.4, 0.5) is 5.69 Å². The largest absolute Gasteiger partial charge is 0.368 e. The molecule has 0 atom stereocenters. The van der Waals surface area contributed by atoms with E-state index in [2.05, 4.69) is 32.6 Å². The van der Waals surface area contributed by atoms with Crippen LogP contribution in [0.25, 0.3) is 5.69 Å². The molecule has 1 aliphatic rings. The van der Waals surface area contributed by atoms with Crippen molar-refractivity contribution in [1.29, 1.82) is 0 Å². The third kappa shape index (κ3) is 4.28. The van der Waals surface area contributed by atoms with Gasteiger partial charge in [0.1, 0.15) is 0 Å². The Hall–Kier alpha value is -2.58. The summed E-state index contributed by atoms with van der Waals surface area (Å²) in [7, 11) is 0. The number of carbonyl (C=O) groups excluding carboxylic acids is 1. The molecule has 2 heterocycles. The lowest BCUT2D eigenvalue weighted by molar-refractivity contribution is -0.128. The van der Waals surface area contributed by atoms with Crippen LogP contribution in [0.2, 0.25) is 5.02 Å². The number of hydrogen-bond donors (Lipinski definition) is 0. The first-order valence-electron chi connectivity index (χ1n) is 8.95. The van der Waals surface area contributed by atoms with Crippen molar-refractivity contribution in [3.8, 4) is 5.69 Å². The van der Waals surface area contributed by atoms with Crippen LogP contribution >= 0.6 is 23.4 Å². The average molecular weight is 415 g/mol. The predicted molar refractivity (Wildman–Crippen MR) is 110 cm³/mol. The second-order valence-corrected chi connectivity index (χ2v) is 7.72. The van der Waals surface area contributed by atoms with Gasteiger partial charge in [-0.15, -0.1) is 5.10 Å². The SMILES string of the molecule is O=C(CSc1nnnn1-c1ccc(Cl)cc1)N1CCN(c2ccccc2)CC1. The first-order valence-corrected chi connectivity index (χ1v) is 10.3. The first kappa shape index (κ1) is 18.8. The van der Waals surface area contributed by atoms with Gasteiger partial charge in [0.25, 0.3) is 0 Å². The molecule has 0 radical (unpaired) electrons. The zero-order chi connectivity index (χ0) is 19.3. The Balaban J connectivity index is 1.32. The number of benzene rings is 2. The molecule has 1 amide bonds. The number of piperazine rings is 1. The van der Waals surface area contributed by atoms with Crippen molar-refractivity contribution >= 4 is 35.0 Å². The molecule has 9 heteroatoms. The minimum absolute atomic E-state index is 0.100. The Labute approximate surface area is 172 Å². The lowest BCUT2D eigenvalue weighted by atomic mass is 10.2. The summed E-state index contributed by atoms with van der Waals surface area (Å²) in [5, 5.41) is 13.0. The van der Waals surface area contributed by atoms with Crippen LogP contribution in [0.1, 0.15) is 0 Å². The molecule has 0 N–H and O–H groups in total. The second kappa shape index (κ2) is 8.62. The number of amides is 1. The maximum absolute atomic E-state index is 12.6. The standard InChI is InChI=1S/C19H19ClN6OS/c20-15-6-8-17(9-7-15)26-19(21-22-23-26)28-14-18(27)25-12-10-24(11-13-25)16-4-2-1-3-5-16/h1-9H,10-14H2. The molecule has 2 aromatic carbocycles. The summed E-state index contributed by atoms with van der Waals surface area (Å²) >= 11 is 7.27. The minimum atomic E-state index is 0.100. The summed E-state index contributed by atoms with van der Waals surface area (Å²) in [6.07, 6.45) is 0. The van der Waals surface area contributed by atoms with Crippen molar-refractivity contribution in [2.45, 2.75) is 5.16 Å². The Morgan fingerprint density at radius 2 is 1.68 bits per heavy atom. The third-order valence-electron chi connectivity index (χ3n) is 4.59. The van der Waals surface area contributed by atoms with Crippen LogP contribution < -0.4 is 4.90 Å². The Morgan fingerprint density at radius 3 is 2.39 bits per heavy atom. The van der Waals surface area contributed by atoms with E-state index in [9.17, 15) is 4.79 Å².